The second kappa shape index (κ2) is 8.65. The summed E-state index contributed by atoms with van der Waals surface area (Å²) in [5.74, 6) is 0.110. The van der Waals surface area contributed by atoms with Crippen LogP contribution in [-0.2, 0) is 22.6 Å². The van der Waals surface area contributed by atoms with Gasteiger partial charge in [-0.3, -0.25) is 4.79 Å². The molecule has 9 nitrogen and oxygen atoms in total. The fourth-order valence-corrected chi connectivity index (χ4v) is 4.04. The third-order valence-electron chi connectivity index (χ3n) is 5.31. The van der Waals surface area contributed by atoms with Gasteiger partial charge in [0.05, 0.1) is 42.9 Å². The second-order valence-electron chi connectivity index (χ2n) is 8.76. The Bertz CT molecular complexity index is 1060. The third kappa shape index (κ3) is 4.41. The number of hydrogen-bond acceptors (Lipinski definition) is 8. The number of carbonyl (C=O) groups excluding carboxylic acids is 2. The molecule has 2 aromatic rings. The van der Waals surface area contributed by atoms with Crippen LogP contribution in [0.5, 0.6) is 0 Å². The molecule has 2 aliphatic heterocycles. The van der Waals surface area contributed by atoms with Crippen LogP contribution in [0.4, 0.5) is 16.3 Å². The zero-order valence-corrected chi connectivity index (χ0v) is 18.9. The summed E-state index contributed by atoms with van der Waals surface area (Å²) in [7, 11) is 0. The molecule has 10 heteroatoms. The number of anilines is 2. The molecule has 1 unspecified atom stereocenters. The monoisotopic (exact) mass is 460 g/mol. The van der Waals surface area contributed by atoms with Gasteiger partial charge in [-0.25, -0.2) is 19.7 Å². The van der Waals surface area contributed by atoms with Crippen molar-refractivity contribution in [3.63, 3.8) is 0 Å². The number of hydrogen-bond donors (Lipinski definition) is 2. The lowest BCUT2D eigenvalue weighted by Crippen LogP contribution is -2.37. The van der Waals surface area contributed by atoms with Gasteiger partial charge in [0.25, 0.3) is 5.91 Å². The van der Waals surface area contributed by atoms with Crippen LogP contribution >= 0.6 is 11.6 Å². The molecule has 2 N–H and O–H groups in total. The van der Waals surface area contributed by atoms with Crippen molar-refractivity contribution in [2.45, 2.75) is 51.9 Å². The molecule has 0 bridgehead atoms. The number of rotatable bonds is 4. The molecule has 0 radical (unpaired) electrons. The van der Waals surface area contributed by atoms with E-state index in [0.717, 1.165) is 16.9 Å². The van der Waals surface area contributed by atoms with Crippen molar-refractivity contribution < 1.29 is 24.2 Å². The van der Waals surface area contributed by atoms with Crippen molar-refractivity contribution >= 4 is 35.1 Å². The number of aliphatic hydroxyl groups is 1. The van der Waals surface area contributed by atoms with Gasteiger partial charge in [0.1, 0.15) is 16.6 Å². The highest BCUT2D eigenvalue weighted by molar-refractivity contribution is 6.31. The van der Waals surface area contributed by atoms with Gasteiger partial charge in [-0.15, -0.1) is 0 Å². The molecule has 0 spiro atoms. The number of aliphatic hydroxyl groups excluding tert-OH is 1. The van der Waals surface area contributed by atoms with E-state index in [9.17, 15) is 14.7 Å². The van der Waals surface area contributed by atoms with E-state index in [1.54, 1.807) is 26.8 Å². The summed E-state index contributed by atoms with van der Waals surface area (Å²) in [6.45, 7) is 6.23. The number of carbonyl (C=O) groups is 2. The number of fused-ring (bicyclic) bond motifs is 1. The number of pyridine rings is 2. The van der Waals surface area contributed by atoms with Gasteiger partial charge in [0.15, 0.2) is 0 Å². The van der Waals surface area contributed by atoms with Crippen molar-refractivity contribution in [2.75, 3.05) is 18.5 Å². The highest BCUT2D eigenvalue weighted by Gasteiger charge is 2.38. The first-order chi connectivity index (χ1) is 15.2. The van der Waals surface area contributed by atoms with E-state index in [1.807, 2.05) is 6.07 Å². The van der Waals surface area contributed by atoms with Crippen LogP contribution in [0.2, 0.25) is 5.15 Å². The van der Waals surface area contributed by atoms with Crippen LogP contribution in [0, 0.1) is 0 Å². The first-order valence-corrected chi connectivity index (χ1v) is 10.7. The van der Waals surface area contributed by atoms with E-state index in [0.29, 0.717) is 36.0 Å². The van der Waals surface area contributed by atoms with Gasteiger partial charge < -0.3 is 19.9 Å². The Morgan fingerprint density at radius 3 is 2.84 bits per heavy atom. The van der Waals surface area contributed by atoms with Crippen molar-refractivity contribution in [3.05, 3.63) is 45.9 Å². The highest BCUT2D eigenvalue weighted by Crippen LogP contribution is 2.35. The summed E-state index contributed by atoms with van der Waals surface area (Å²) in [4.78, 5) is 35.2. The van der Waals surface area contributed by atoms with E-state index >= 15 is 0 Å². The molecule has 1 saturated heterocycles. The molecule has 4 heterocycles. The molecular weight excluding hydrogens is 436 g/mol. The van der Waals surface area contributed by atoms with E-state index in [2.05, 4.69) is 15.3 Å². The summed E-state index contributed by atoms with van der Waals surface area (Å²) in [6, 6.07) is 3.68. The smallest absolute Gasteiger partial charge is 0.417 e. The number of aromatic nitrogens is 2. The van der Waals surface area contributed by atoms with Crippen LogP contribution in [0.3, 0.4) is 0 Å². The Kier molecular flexibility index (Phi) is 6.07. The SMILES string of the molecule is CC(C)(C)OC(=O)N1Cc2c(Cl)ncc(Nc3ccc(C4CCOC4)c(CO)n3)c2C1=O. The normalized spacial score (nSPS) is 18.1. The molecule has 0 aromatic carbocycles. The maximum Gasteiger partial charge on any atom is 0.417 e. The maximum atomic E-state index is 13.1. The lowest BCUT2D eigenvalue weighted by Gasteiger charge is -2.23. The topological polar surface area (TPSA) is 114 Å². The van der Waals surface area contributed by atoms with Crippen molar-refractivity contribution in [3.8, 4) is 0 Å². The summed E-state index contributed by atoms with van der Waals surface area (Å²) in [5, 5.41) is 13.1. The lowest BCUT2D eigenvalue weighted by molar-refractivity contribution is 0.0248. The molecule has 1 atom stereocenters. The van der Waals surface area contributed by atoms with Gasteiger partial charge in [-0.1, -0.05) is 17.7 Å². The van der Waals surface area contributed by atoms with E-state index in [-0.39, 0.29) is 29.8 Å². The first-order valence-electron chi connectivity index (χ1n) is 10.4. The molecule has 2 aromatic heterocycles. The fourth-order valence-electron chi connectivity index (χ4n) is 3.84. The van der Waals surface area contributed by atoms with Crippen molar-refractivity contribution in [1.29, 1.82) is 0 Å². The molecule has 32 heavy (non-hydrogen) atoms. The van der Waals surface area contributed by atoms with Crippen LogP contribution in [0.25, 0.3) is 0 Å². The summed E-state index contributed by atoms with van der Waals surface area (Å²) in [5.41, 5.74) is 1.80. The average molecular weight is 461 g/mol. The zero-order valence-electron chi connectivity index (χ0n) is 18.1. The number of imide groups is 1. The molecular formula is C22H25ClN4O5. The van der Waals surface area contributed by atoms with Crippen LogP contribution in [0.1, 0.15) is 60.3 Å². The van der Waals surface area contributed by atoms with Gasteiger partial charge in [0.2, 0.25) is 0 Å². The molecule has 1 fully saturated rings. The minimum Gasteiger partial charge on any atom is -0.443 e. The van der Waals surface area contributed by atoms with Crippen molar-refractivity contribution in [1.82, 2.24) is 14.9 Å². The zero-order chi connectivity index (χ0) is 23.0. The Morgan fingerprint density at radius 1 is 1.41 bits per heavy atom. The molecule has 170 valence electrons. The molecule has 4 rings (SSSR count). The predicted octanol–water partition coefficient (Wildman–Crippen LogP) is 3.76. The lowest BCUT2D eigenvalue weighted by atomic mass is 9.97. The Hall–Kier alpha value is -2.75. The van der Waals surface area contributed by atoms with E-state index in [1.165, 1.54) is 6.20 Å². The fraction of sp³-hybridized carbons (Fsp3) is 0.455. The number of halogens is 1. The highest BCUT2D eigenvalue weighted by atomic mass is 35.5. The number of nitrogens with zero attached hydrogens (tertiary/aromatic N) is 3. The number of nitrogens with one attached hydrogen (secondary N) is 1. The quantitative estimate of drug-likeness (QED) is 0.663. The maximum absolute atomic E-state index is 13.1. The predicted molar refractivity (Wildman–Crippen MR) is 117 cm³/mol. The van der Waals surface area contributed by atoms with Crippen molar-refractivity contribution in [2.24, 2.45) is 0 Å². The summed E-state index contributed by atoms with van der Waals surface area (Å²) >= 11 is 6.22. The number of amides is 2. The van der Waals surface area contributed by atoms with Gasteiger partial charge >= 0.3 is 6.09 Å². The standard InChI is InChI=1S/C22H25ClN4O5/c1-22(2,3)32-21(30)27-9-14-18(20(27)29)15(8-24-19(14)23)25-17-5-4-13(16(10-28)26-17)12-6-7-31-11-12/h4-5,8,12,28H,6-7,9-11H2,1-3H3,(H,25,26). The van der Waals surface area contributed by atoms with E-state index < -0.39 is 17.6 Å². The molecule has 2 amide bonds. The van der Waals surface area contributed by atoms with Crippen LogP contribution in [0.15, 0.2) is 18.3 Å². The van der Waals surface area contributed by atoms with Gasteiger partial charge in [0, 0.05) is 18.1 Å². The molecule has 0 aliphatic carbocycles. The Balaban J connectivity index is 1.62. The van der Waals surface area contributed by atoms with Crippen LogP contribution in [-0.4, -0.2) is 50.8 Å². The minimum absolute atomic E-state index is 0.0274. The Morgan fingerprint density at radius 2 is 2.19 bits per heavy atom. The third-order valence-corrected chi connectivity index (χ3v) is 5.63. The Labute approximate surface area is 190 Å². The summed E-state index contributed by atoms with van der Waals surface area (Å²) < 4.78 is 10.8. The summed E-state index contributed by atoms with van der Waals surface area (Å²) in [6.07, 6.45) is 1.56. The average Bonchev–Trinajstić information content (AvgIpc) is 3.38. The molecule has 2 aliphatic rings. The minimum atomic E-state index is -0.746. The second-order valence-corrected chi connectivity index (χ2v) is 9.12. The first kappa shape index (κ1) is 22.4. The number of ether oxygens (including phenoxy) is 2. The van der Waals surface area contributed by atoms with Gasteiger partial charge in [-0.2, -0.15) is 0 Å². The van der Waals surface area contributed by atoms with E-state index in [4.69, 9.17) is 21.1 Å². The van der Waals surface area contributed by atoms with Crippen LogP contribution < -0.4 is 5.32 Å². The van der Waals surface area contributed by atoms with Gasteiger partial charge in [-0.05, 0) is 38.8 Å². The molecule has 0 saturated carbocycles. The largest absolute Gasteiger partial charge is 0.443 e.